The van der Waals surface area contributed by atoms with Gasteiger partial charge in [-0.05, 0) is 11.1 Å². The lowest BCUT2D eigenvalue weighted by molar-refractivity contribution is 0.519. The van der Waals surface area contributed by atoms with E-state index in [1.165, 1.54) is 0 Å². The maximum absolute atomic E-state index is 10.6. The van der Waals surface area contributed by atoms with Gasteiger partial charge in [-0.3, -0.25) is 0 Å². The number of rotatable bonds is 6. The van der Waals surface area contributed by atoms with Crippen LogP contribution in [0.15, 0.2) is 70.6 Å². The van der Waals surface area contributed by atoms with Crippen LogP contribution >= 0.6 is 0 Å². The van der Waals surface area contributed by atoms with Crippen molar-refractivity contribution in [2.45, 2.75) is 5.41 Å². The minimum atomic E-state index is -0.669. The Morgan fingerprint density at radius 3 is 1.43 bits per heavy atom. The molecule has 0 aromatic heterocycles. The van der Waals surface area contributed by atoms with Crippen LogP contribution in [-0.2, 0) is 15.0 Å². The maximum atomic E-state index is 10.6. The molecule has 0 unspecified atom stereocenters. The number of aliphatic imine (C=N–C) groups is 2. The quantitative estimate of drug-likeness (QED) is 0.602. The van der Waals surface area contributed by atoms with Crippen molar-refractivity contribution < 1.29 is 9.59 Å². The molecule has 0 saturated carbocycles. The van der Waals surface area contributed by atoms with Crippen molar-refractivity contribution in [3.05, 3.63) is 71.8 Å². The molecule has 0 radical (unpaired) electrons. The van der Waals surface area contributed by atoms with Crippen LogP contribution in [0.1, 0.15) is 11.1 Å². The first kappa shape index (κ1) is 14.6. The molecular formula is C17H14N2O2. The van der Waals surface area contributed by atoms with Gasteiger partial charge in [0.25, 0.3) is 0 Å². The van der Waals surface area contributed by atoms with Gasteiger partial charge in [-0.2, -0.15) is 0 Å². The smallest absolute Gasteiger partial charge is 0.211 e. The van der Waals surface area contributed by atoms with Gasteiger partial charge in [-0.25, -0.2) is 19.6 Å². The molecule has 0 N–H and O–H groups in total. The first-order chi connectivity index (χ1) is 10.3. The first-order valence-electron chi connectivity index (χ1n) is 6.52. The Balaban J connectivity index is 2.64. The molecule has 0 saturated heterocycles. The van der Waals surface area contributed by atoms with Crippen molar-refractivity contribution in [3.8, 4) is 0 Å². The number of isocyanates is 2. The first-order valence-corrected chi connectivity index (χ1v) is 6.52. The van der Waals surface area contributed by atoms with E-state index in [1.54, 1.807) is 12.2 Å². The Kier molecular flexibility index (Phi) is 4.94. The molecule has 0 aliphatic rings. The van der Waals surface area contributed by atoms with Gasteiger partial charge in [0.1, 0.15) is 0 Å². The zero-order valence-corrected chi connectivity index (χ0v) is 11.4. The van der Waals surface area contributed by atoms with Gasteiger partial charge in [0, 0.05) is 0 Å². The van der Waals surface area contributed by atoms with Gasteiger partial charge in [0.15, 0.2) is 0 Å². The summed E-state index contributed by atoms with van der Waals surface area (Å²) in [5.41, 5.74) is 1.21. The van der Waals surface area contributed by atoms with E-state index in [9.17, 15) is 9.59 Å². The Labute approximate surface area is 122 Å². The zero-order valence-electron chi connectivity index (χ0n) is 11.4. The van der Waals surface area contributed by atoms with Crippen LogP contribution in [0.4, 0.5) is 0 Å². The second kappa shape index (κ2) is 7.11. The monoisotopic (exact) mass is 278 g/mol. The Bertz CT molecular complexity index is 609. The lowest BCUT2D eigenvalue weighted by atomic mass is 9.74. The van der Waals surface area contributed by atoms with E-state index in [4.69, 9.17) is 0 Å². The van der Waals surface area contributed by atoms with E-state index in [1.807, 2.05) is 60.7 Å². The van der Waals surface area contributed by atoms with Crippen LogP contribution in [0.2, 0.25) is 0 Å². The molecule has 104 valence electrons. The van der Waals surface area contributed by atoms with Crippen molar-refractivity contribution in [2.75, 3.05) is 13.1 Å². The second-order valence-corrected chi connectivity index (χ2v) is 4.63. The highest BCUT2D eigenvalue weighted by atomic mass is 16.1. The standard InChI is InChI=1S/C17H14N2O2/c20-13-18-11-17(12-19-14-21,15-7-3-1-4-8-15)16-9-5-2-6-10-16/h1-10H,11-12H2. The van der Waals surface area contributed by atoms with Crippen LogP contribution in [0.3, 0.4) is 0 Å². The molecule has 0 spiro atoms. The van der Waals surface area contributed by atoms with Crippen LogP contribution in [0.5, 0.6) is 0 Å². The summed E-state index contributed by atoms with van der Waals surface area (Å²) in [4.78, 5) is 28.7. The highest BCUT2D eigenvalue weighted by Gasteiger charge is 2.34. The molecule has 2 aromatic carbocycles. The zero-order chi connectivity index (χ0) is 15.0. The van der Waals surface area contributed by atoms with Gasteiger partial charge >= 0.3 is 0 Å². The Morgan fingerprint density at radius 1 is 0.714 bits per heavy atom. The summed E-state index contributed by atoms with van der Waals surface area (Å²) in [6, 6.07) is 19.2. The van der Waals surface area contributed by atoms with Crippen LogP contribution in [-0.4, -0.2) is 25.2 Å². The molecule has 0 heterocycles. The van der Waals surface area contributed by atoms with E-state index in [0.29, 0.717) is 0 Å². The summed E-state index contributed by atoms with van der Waals surface area (Å²) in [7, 11) is 0. The molecule has 2 aromatic rings. The van der Waals surface area contributed by atoms with Crippen molar-refractivity contribution in [1.29, 1.82) is 0 Å². The molecule has 0 amide bonds. The Morgan fingerprint density at radius 2 is 1.10 bits per heavy atom. The van der Waals surface area contributed by atoms with E-state index in [0.717, 1.165) is 11.1 Å². The largest absolute Gasteiger partial charge is 0.234 e. The van der Waals surface area contributed by atoms with Gasteiger partial charge < -0.3 is 0 Å². The van der Waals surface area contributed by atoms with E-state index in [2.05, 4.69) is 9.98 Å². The molecule has 0 bridgehead atoms. The van der Waals surface area contributed by atoms with Crippen molar-refractivity contribution in [3.63, 3.8) is 0 Å². The third-order valence-corrected chi connectivity index (χ3v) is 3.48. The normalized spacial score (nSPS) is 10.3. The molecule has 0 aliphatic heterocycles. The lowest BCUT2D eigenvalue weighted by Gasteiger charge is -2.31. The van der Waals surface area contributed by atoms with Crippen molar-refractivity contribution in [1.82, 2.24) is 0 Å². The average molecular weight is 278 g/mol. The fourth-order valence-corrected chi connectivity index (χ4v) is 2.43. The Hall–Kier alpha value is -2.80. The predicted octanol–water partition coefficient (Wildman–Crippen LogP) is 2.64. The van der Waals surface area contributed by atoms with Gasteiger partial charge in [-0.1, -0.05) is 60.7 Å². The van der Waals surface area contributed by atoms with E-state index < -0.39 is 5.41 Å². The third kappa shape index (κ3) is 3.21. The molecular weight excluding hydrogens is 264 g/mol. The van der Waals surface area contributed by atoms with Crippen molar-refractivity contribution in [2.24, 2.45) is 9.98 Å². The SMILES string of the molecule is O=C=NCC(CN=C=O)(c1ccccc1)c1ccccc1. The molecule has 0 aliphatic carbocycles. The number of nitrogens with zero attached hydrogens (tertiary/aromatic N) is 2. The molecule has 4 nitrogen and oxygen atoms in total. The summed E-state index contributed by atoms with van der Waals surface area (Å²) in [6.07, 6.45) is 3.15. The van der Waals surface area contributed by atoms with Crippen molar-refractivity contribution >= 4 is 12.2 Å². The highest BCUT2D eigenvalue weighted by molar-refractivity contribution is 5.44. The summed E-state index contributed by atoms with van der Waals surface area (Å²) >= 11 is 0. The van der Waals surface area contributed by atoms with Gasteiger partial charge in [-0.15, -0.1) is 0 Å². The van der Waals surface area contributed by atoms with E-state index >= 15 is 0 Å². The summed E-state index contributed by atoms with van der Waals surface area (Å²) in [5.74, 6) is 0. The predicted molar refractivity (Wildman–Crippen MR) is 79.6 cm³/mol. The third-order valence-electron chi connectivity index (χ3n) is 3.48. The van der Waals surface area contributed by atoms with E-state index in [-0.39, 0.29) is 13.1 Å². The fraction of sp³-hybridized carbons (Fsp3) is 0.176. The lowest BCUT2D eigenvalue weighted by Crippen LogP contribution is -2.34. The topological polar surface area (TPSA) is 58.9 Å². The summed E-state index contributed by atoms with van der Waals surface area (Å²) < 4.78 is 0. The summed E-state index contributed by atoms with van der Waals surface area (Å²) in [6.45, 7) is 0.353. The molecule has 4 heteroatoms. The fourth-order valence-electron chi connectivity index (χ4n) is 2.43. The number of hydrogen-bond donors (Lipinski definition) is 0. The number of hydrogen-bond acceptors (Lipinski definition) is 4. The maximum Gasteiger partial charge on any atom is 0.234 e. The molecule has 0 fully saturated rings. The van der Waals surface area contributed by atoms with Gasteiger partial charge in [0.05, 0.1) is 18.5 Å². The van der Waals surface area contributed by atoms with Gasteiger partial charge in [0.2, 0.25) is 12.2 Å². The summed E-state index contributed by atoms with van der Waals surface area (Å²) in [5, 5.41) is 0. The highest BCUT2D eigenvalue weighted by Crippen LogP contribution is 2.33. The number of benzene rings is 2. The molecule has 2 rings (SSSR count). The number of carbonyl (C=O) groups excluding carboxylic acids is 2. The van der Waals surface area contributed by atoms with Crippen LogP contribution < -0.4 is 0 Å². The second-order valence-electron chi connectivity index (χ2n) is 4.63. The molecule has 21 heavy (non-hydrogen) atoms. The van der Waals surface area contributed by atoms with Crippen LogP contribution in [0, 0.1) is 0 Å². The average Bonchev–Trinajstić information content (AvgIpc) is 2.57. The molecule has 0 atom stereocenters. The van der Waals surface area contributed by atoms with Crippen LogP contribution in [0.25, 0.3) is 0 Å². The minimum absolute atomic E-state index is 0.176. The minimum Gasteiger partial charge on any atom is -0.211 e.